The van der Waals surface area contributed by atoms with Gasteiger partial charge in [-0.05, 0) is 48.5 Å². The van der Waals surface area contributed by atoms with Crippen molar-refractivity contribution in [2.45, 2.75) is 6.61 Å². The van der Waals surface area contributed by atoms with Crippen molar-refractivity contribution >= 4 is 11.9 Å². The van der Waals surface area contributed by atoms with Crippen molar-refractivity contribution < 1.29 is 28.3 Å². The molecule has 3 aromatic carbocycles. The van der Waals surface area contributed by atoms with Crippen LogP contribution in [0.15, 0.2) is 83.4 Å². The molecule has 0 fully saturated rings. The number of nitrogens with one attached hydrogen (secondary N) is 1. The number of hydrogen-bond acceptors (Lipinski definition) is 8. The second-order valence-electron chi connectivity index (χ2n) is 6.99. The third-order valence-electron chi connectivity index (χ3n) is 4.66. The van der Waals surface area contributed by atoms with E-state index in [4.69, 9.17) is 18.7 Å². The Balaban J connectivity index is 1.24. The summed E-state index contributed by atoms with van der Waals surface area (Å²) in [6.45, 7) is -0.531. The third kappa shape index (κ3) is 5.77. The second kappa shape index (κ2) is 10.8. The van der Waals surface area contributed by atoms with Gasteiger partial charge in [-0.2, -0.15) is 4.98 Å². The Morgan fingerprint density at radius 1 is 0.912 bits per heavy atom. The number of carbonyl (C=O) groups excluding carboxylic acids is 2. The first-order valence-electron chi connectivity index (χ1n) is 10.3. The van der Waals surface area contributed by atoms with E-state index in [9.17, 15) is 9.59 Å². The first kappa shape index (κ1) is 22.5. The fourth-order valence-electron chi connectivity index (χ4n) is 3.00. The average Bonchev–Trinajstić information content (AvgIpc) is 3.36. The van der Waals surface area contributed by atoms with Gasteiger partial charge < -0.3 is 24.1 Å². The number of nitrogens with zero attached hydrogens (tertiary/aromatic N) is 2. The van der Waals surface area contributed by atoms with Gasteiger partial charge in [-0.3, -0.25) is 9.59 Å². The van der Waals surface area contributed by atoms with Gasteiger partial charge in [0.1, 0.15) is 23.8 Å². The molecule has 0 unspecified atom stereocenters. The predicted molar refractivity (Wildman–Crippen MR) is 121 cm³/mol. The SMILES string of the molecule is COc1ccccc1-c1noc(COC(=O)CNC(=O)c2ccc(Oc3ccccc3)cc2)n1. The van der Waals surface area contributed by atoms with E-state index in [0.29, 0.717) is 34.2 Å². The average molecular weight is 459 g/mol. The van der Waals surface area contributed by atoms with Crippen molar-refractivity contribution in [1.29, 1.82) is 0 Å². The minimum Gasteiger partial charge on any atom is -0.496 e. The topological polar surface area (TPSA) is 113 Å². The summed E-state index contributed by atoms with van der Waals surface area (Å²) >= 11 is 0. The lowest BCUT2D eigenvalue weighted by Crippen LogP contribution is -2.30. The Kier molecular flexibility index (Phi) is 7.14. The van der Waals surface area contributed by atoms with Crippen molar-refractivity contribution in [3.8, 4) is 28.6 Å². The smallest absolute Gasteiger partial charge is 0.325 e. The van der Waals surface area contributed by atoms with Gasteiger partial charge in [-0.1, -0.05) is 35.5 Å². The van der Waals surface area contributed by atoms with Crippen molar-refractivity contribution in [1.82, 2.24) is 15.5 Å². The molecule has 1 N–H and O–H groups in total. The summed E-state index contributed by atoms with van der Waals surface area (Å²) in [7, 11) is 1.54. The van der Waals surface area contributed by atoms with Gasteiger partial charge in [-0.25, -0.2) is 0 Å². The zero-order valence-electron chi connectivity index (χ0n) is 18.3. The number of hydrogen-bond donors (Lipinski definition) is 1. The molecule has 9 heteroatoms. The lowest BCUT2D eigenvalue weighted by Gasteiger charge is -2.07. The molecule has 172 valence electrons. The molecule has 0 aliphatic carbocycles. The van der Waals surface area contributed by atoms with E-state index in [1.807, 2.05) is 42.5 Å². The zero-order chi connectivity index (χ0) is 23.8. The number of aromatic nitrogens is 2. The molecule has 9 nitrogen and oxygen atoms in total. The molecule has 0 saturated carbocycles. The van der Waals surface area contributed by atoms with Crippen LogP contribution < -0.4 is 14.8 Å². The number of esters is 1. The molecule has 0 radical (unpaired) electrons. The highest BCUT2D eigenvalue weighted by Crippen LogP contribution is 2.27. The van der Waals surface area contributed by atoms with E-state index >= 15 is 0 Å². The van der Waals surface area contributed by atoms with E-state index in [0.717, 1.165) is 0 Å². The summed E-state index contributed by atoms with van der Waals surface area (Å²) < 4.78 is 21.2. The Morgan fingerprint density at radius 3 is 2.38 bits per heavy atom. The molecule has 0 aliphatic rings. The molecule has 1 aromatic heterocycles. The highest BCUT2D eigenvalue weighted by atomic mass is 16.6. The summed E-state index contributed by atoms with van der Waals surface area (Å²) in [4.78, 5) is 28.5. The van der Waals surface area contributed by atoms with E-state index in [2.05, 4.69) is 15.5 Å². The number of para-hydroxylation sites is 2. The Labute approximate surface area is 195 Å². The van der Waals surface area contributed by atoms with Crippen molar-refractivity contribution in [2.75, 3.05) is 13.7 Å². The van der Waals surface area contributed by atoms with E-state index in [1.165, 1.54) is 0 Å². The quantitative estimate of drug-likeness (QED) is 0.374. The maximum Gasteiger partial charge on any atom is 0.325 e. The number of benzene rings is 3. The molecule has 0 spiro atoms. The number of rotatable bonds is 9. The lowest BCUT2D eigenvalue weighted by atomic mass is 10.2. The molecule has 1 amide bonds. The fourth-order valence-corrected chi connectivity index (χ4v) is 3.00. The van der Waals surface area contributed by atoms with E-state index in [-0.39, 0.29) is 19.0 Å². The lowest BCUT2D eigenvalue weighted by molar-refractivity contribution is -0.144. The number of methoxy groups -OCH3 is 1. The molecular formula is C25H21N3O6. The van der Waals surface area contributed by atoms with Crippen LogP contribution in [-0.4, -0.2) is 35.7 Å². The number of ether oxygens (including phenoxy) is 3. The van der Waals surface area contributed by atoms with Crippen LogP contribution in [0.3, 0.4) is 0 Å². The maximum absolute atomic E-state index is 12.3. The molecule has 4 aromatic rings. The molecule has 34 heavy (non-hydrogen) atoms. The molecule has 0 aliphatic heterocycles. The number of carbonyl (C=O) groups is 2. The molecular weight excluding hydrogens is 438 g/mol. The van der Waals surface area contributed by atoms with Crippen molar-refractivity contribution in [2.24, 2.45) is 0 Å². The van der Waals surface area contributed by atoms with Gasteiger partial charge in [0, 0.05) is 5.56 Å². The number of amides is 1. The summed E-state index contributed by atoms with van der Waals surface area (Å²) in [6.07, 6.45) is 0. The first-order chi connectivity index (χ1) is 16.6. The normalized spacial score (nSPS) is 10.4. The minimum atomic E-state index is -0.644. The van der Waals surface area contributed by atoms with Crippen LogP contribution in [0.5, 0.6) is 17.2 Å². The maximum atomic E-state index is 12.3. The van der Waals surface area contributed by atoms with Crippen LogP contribution in [0, 0.1) is 0 Å². The van der Waals surface area contributed by atoms with Gasteiger partial charge in [0.15, 0.2) is 6.61 Å². The van der Waals surface area contributed by atoms with Gasteiger partial charge in [0.2, 0.25) is 5.82 Å². The van der Waals surface area contributed by atoms with Crippen molar-refractivity contribution in [3.05, 3.63) is 90.3 Å². The van der Waals surface area contributed by atoms with Crippen LogP contribution >= 0.6 is 0 Å². The summed E-state index contributed by atoms with van der Waals surface area (Å²) in [5.41, 5.74) is 1.03. The molecule has 0 saturated heterocycles. The molecule has 1 heterocycles. The molecule has 0 atom stereocenters. The monoisotopic (exact) mass is 459 g/mol. The minimum absolute atomic E-state index is 0.120. The van der Waals surface area contributed by atoms with Crippen LogP contribution in [0.1, 0.15) is 16.2 Å². The zero-order valence-corrected chi connectivity index (χ0v) is 18.3. The summed E-state index contributed by atoms with van der Waals surface area (Å²) in [5.74, 6) is 1.25. The van der Waals surface area contributed by atoms with Gasteiger partial charge in [-0.15, -0.1) is 0 Å². The van der Waals surface area contributed by atoms with Crippen LogP contribution in [0.4, 0.5) is 0 Å². The first-order valence-corrected chi connectivity index (χ1v) is 10.3. The fraction of sp³-hybridized carbons (Fsp3) is 0.120. The van der Waals surface area contributed by atoms with Crippen LogP contribution in [0.2, 0.25) is 0 Å². The van der Waals surface area contributed by atoms with Crippen LogP contribution in [0.25, 0.3) is 11.4 Å². The molecule has 0 bridgehead atoms. The van der Waals surface area contributed by atoms with Crippen molar-refractivity contribution in [3.63, 3.8) is 0 Å². The highest BCUT2D eigenvalue weighted by Gasteiger charge is 2.15. The Bertz CT molecular complexity index is 1260. The largest absolute Gasteiger partial charge is 0.496 e. The highest BCUT2D eigenvalue weighted by molar-refractivity contribution is 5.96. The Hall–Kier alpha value is -4.66. The summed E-state index contributed by atoms with van der Waals surface area (Å²) in [5, 5.41) is 6.40. The van der Waals surface area contributed by atoms with Gasteiger partial charge >= 0.3 is 5.97 Å². The second-order valence-corrected chi connectivity index (χ2v) is 6.99. The van der Waals surface area contributed by atoms with Gasteiger partial charge in [0.05, 0.1) is 12.7 Å². The summed E-state index contributed by atoms with van der Waals surface area (Å²) in [6, 6.07) is 23.1. The molecule has 4 rings (SSSR count). The standard InChI is InChI=1S/C25H21N3O6/c1-31-21-10-6-5-9-20(21)24-27-22(34-28-24)16-32-23(29)15-26-25(30)17-11-13-19(14-12-17)33-18-7-3-2-4-8-18/h2-14H,15-16H2,1H3,(H,26,30). The van der Waals surface area contributed by atoms with E-state index < -0.39 is 11.9 Å². The van der Waals surface area contributed by atoms with Gasteiger partial charge in [0.25, 0.3) is 11.8 Å². The predicted octanol–water partition coefficient (Wildman–Crippen LogP) is 4.01. The Morgan fingerprint density at radius 2 is 1.62 bits per heavy atom. The van der Waals surface area contributed by atoms with Crippen LogP contribution in [-0.2, 0) is 16.1 Å². The van der Waals surface area contributed by atoms with E-state index in [1.54, 1.807) is 43.5 Å². The third-order valence-corrected chi connectivity index (χ3v) is 4.66.